The third-order valence-corrected chi connectivity index (χ3v) is 5.47. The zero-order valence-electron chi connectivity index (χ0n) is 17.4. The Morgan fingerprint density at radius 2 is 1.97 bits per heavy atom. The van der Waals surface area contributed by atoms with E-state index in [9.17, 15) is 13.6 Å². The predicted octanol–water partition coefficient (Wildman–Crippen LogP) is 3.76. The van der Waals surface area contributed by atoms with Crippen LogP contribution in [0.15, 0.2) is 30.3 Å². The third-order valence-electron chi connectivity index (χ3n) is 5.10. The highest BCUT2D eigenvalue weighted by Crippen LogP contribution is 2.34. The van der Waals surface area contributed by atoms with Crippen LogP contribution in [0.2, 0.25) is 0 Å². The number of benzene rings is 2. The molecule has 0 aliphatic carbocycles. The lowest BCUT2D eigenvalue weighted by molar-refractivity contribution is -0.0291. The Hall–Kier alpha value is -2.98. The second-order valence-electron chi connectivity index (χ2n) is 7.29. The number of halogens is 2. The maximum Gasteiger partial charge on any atom is 0.231 e. The normalized spacial score (nSPS) is 17.2. The topological polar surface area (TPSA) is 69.3 Å². The lowest BCUT2D eigenvalue weighted by Crippen LogP contribution is -2.49. The molecule has 2 heterocycles. The summed E-state index contributed by atoms with van der Waals surface area (Å²) in [6, 6.07) is 7.41. The van der Waals surface area contributed by atoms with Crippen LogP contribution in [0, 0.1) is 11.6 Å². The quantitative estimate of drug-likeness (QED) is 0.512. The molecule has 2 aliphatic rings. The Bertz CT molecular complexity index is 1010. The number of nitrogens with zero attached hydrogens (tertiary/aromatic N) is 1. The molecule has 0 amide bonds. The van der Waals surface area contributed by atoms with Gasteiger partial charge in [-0.05, 0) is 36.5 Å². The largest absolute Gasteiger partial charge is 0.485 e. The summed E-state index contributed by atoms with van der Waals surface area (Å²) in [7, 11) is 0. The van der Waals surface area contributed by atoms with Crippen LogP contribution in [-0.2, 0) is 4.74 Å². The van der Waals surface area contributed by atoms with Crippen molar-refractivity contribution in [1.29, 1.82) is 0 Å². The van der Waals surface area contributed by atoms with E-state index >= 15 is 0 Å². The standard InChI is InChI=1S/C22H22F2N2O5S/c1-2-18(27)13-7-16(23)21(17(24)8-13)29-11-15-10-26(5-6-28-15)22(32)25-14-3-4-19-20(9-14)31-12-30-19/h3-4,7-9,15H,2,5-6,10-12H2,1H3,(H,25,32). The van der Waals surface area contributed by atoms with Crippen LogP contribution >= 0.6 is 12.2 Å². The molecule has 1 atom stereocenters. The zero-order valence-corrected chi connectivity index (χ0v) is 18.2. The summed E-state index contributed by atoms with van der Waals surface area (Å²) in [5.74, 6) is -1.40. The molecule has 2 aromatic rings. The van der Waals surface area contributed by atoms with E-state index < -0.39 is 23.5 Å². The SMILES string of the molecule is CCC(=O)c1cc(F)c(OCC2CN(C(=S)Nc3ccc4c(c3)OCO4)CCO2)c(F)c1. The molecule has 4 rings (SSSR count). The molecular weight excluding hydrogens is 442 g/mol. The Labute approximate surface area is 189 Å². The maximum atomic E-state index is 14.3. The number of nitrogens with one attached hydrogen (secondary N) is 1. The van der Waals surface area contributed by atoms with Gasteiger partial charge >= 0.3 is 0 Å². The molecular formula is C22H22F2N2O5S. The van der Waals surface area contributed by atoms with Crippen molar-refractivity contribution in [1.82, 2.24) is 4.90 Å². The van der Waals surface area contributed by atoms with Crippen molar-refractivity contribution in [2.75, 3.05) is 38.4 Å². The molecule has 0 spiro atoms. The number of carbonyl (C=O) groups is 1. The van der Waals surface area contributed by atoms with Gasteiger partial charge in [0.25, 0.3) is 0 Å². The van der Waals surface area contributed by atoms with E-state index in [2.05, 4.69) is 5.32 Å². The van der Waals surface area contributed by atoms with Crippen LogP contribution in [0.5, 0.6) is 17.2 Å². The number of anilines is 1. The van der Waals surface area contributed by atoms with E-state index in [1.165, 1.54) is 0 Å². The lowest BCUT2D eigenvalue weighted by atomic mass is 10.1. The van der Waals surface area contributed by atoms with Gasteiger partial charge in [0.2, 0.25) is 6.79 Å². The molecule has 0 aromatic heterocycles. The van der Waals surface area contributed by atoms with Crippen LogP contribution in [0.25, 0.3) is 0 Å². The minimum atomic E-state index is -0.922. The van der Waals surface area contributed by atoms with Gasteiger partial charge in [-0.1, -0.05) is 6.92 Å². The van der Waals surface area contributed by atoms with Crippen molar-refractivity contribution < 1.29 is 32.5 Å². The maximum absolute atomic E-state index is 14.3. The Morgan fingerprint density at radius 1 is 1.22 bits per heavy atom. The monoisotopic (exact) mass is 464 g/mol. The Morgan fingerprint density at radius 3 is 2.72 bits per heavy atom. The average Bonchev–Trinajstić information content (AvgIpc) is 3.26. The van der Waals surface area contributed by atoms with Crippen molar-refractivity contribution in [2.45, 2.75) is 19.4 Å². The molecule has 1 saturated heterocycles. The van der Waals surface area contributed by atoms with Crippen LogP contribution in [0.3, 0.4) is 0 Å². The highest BCUT2D eigenvalue weighted by molar-refractivity contribution is 7.80. The molecule has 1 unspecified atom stereocenters. The number of carbonyl (C=O) groups excluding carboxylic acids is 1. The van der Waals surface area contributed by atoms with Crippen LogP contribution in [0.4, 0.5) is 14.5 Å². The number of fused-ring (bicyclic) bond motifs is 1. The Balaban J connectivity index is 1.34. The van der Waals surface area contributed by atoms with E-state index in [-0.39, 0.29) is 31.2 Å². The number of rotatable bonds is 6. The van der Waals surface area contributed by atoms with Gasteiger partial charge in [0.05, 0.1) is 6.61 Å². The van der Waals surface area contributed by atoms with E-state index in [1.807, 2.05) is 11.0 Å². The Kier molecular flexibility index (Phi) is 6.71. The van der Waals surface area contributed by atoms with Gasteiger partial charge in [0.1, 0.15) is 12.7 Å². The molecule has 2 aromatic carbocycles. The van der Waals surface area contributed by atoms with Crippen molar-refractivity contribution in [3.8, 4) is 17.2 Å². The smallest absolute Gasteiger partial charge is 0.231 e. The number of morpholine rings is 1. The van der Waals surface area contributed by atoms with E-state index in [0.717, 1.165) is 17.8 Å². The number of Topliss-reactive ketones (excluding diaryl/α,β-unsaturated/α-hetero) is 1. The first-order valence-electron chi connectivity index (χ1n) is 10.2. The summed E-state index contributed by atoms with van der Waals surface area (Å²) in [4.78, 5) is 13.6. The van der Waals surface area contributed by atoms with Gasteiger partial charge in [-0.2, -0.15) is 0 Å². The van der Waals surface area contributed by atoms with Crippen molar-refractivity contribution in [3.63, 3.8) is 0 Å². The number of ketones is 1. The van der Waals surface area contributed by atoms with Gasteiger partial charge in [-0.3, -0.25) is 4.79 Å². The summed E-state index contributed by atoms with van der Waals surface area (Å²) in [5.41, 5.74) is 0.735. The molecule has 2 aliphatic heterocycles. The molecule has 7 nitrogen and oxygen atoms in total. The number of hydrogen-bond donors (Lipinski definition) is 1. The number of ether oxygens (including phenoxy) is 4. The van der Waals surface area contributed by atoms with Gasteiger partial charge < -0.3 is 29.2 Å². The van der Waals surface area contributed by atoms with E-state index in [4.69, 9.17) is 31.2 Å². The average molecular weight is 464 g/mol. The predicted molar refractivity (Wildman–Crippen MR) is 117 cm³/mol. The molecule has 170 valence electrons. The van der Waals surface area contributed by atoms with Crippen molar-refractivity contribution >= 4 is 28.8 Å². The fourth-order valence-electron chi connectivity index (χ4n) is 3.42. The molecule has 1 fully saturated rings. The first kappa shape index (κ1) is 22.2. The second kappa shape index (κ2) is 9.66. The first-order chi connectivity index (χ1) is 15.4. The highest BCUT2D eigenvalue weighted by Gasteiger charge is 2.25. The molecule has 0 radical (unpaired) electrons. The van der Waals surface area contributed by atoms with Gasteiger partial charge in [-0.25, -0.2) is 8.78 Å². The second-order valence-corrected chi connectivity index (χ2v) is 7.68. The third kappa shape index (κ3) is 4.91. The fourth-order valence-corrected chi connectivity index (χ4v) is 3.70. The van der Waals surface area contributed by atoms with Gasteiger partial charge in [0, 0.05) is 36.8 Å². The molecule has 10 heteroatoms. The number of thiocarbonyl (C=S) groups is 1. The fraction of sp³-hybridized carbons (Fsp3) is 0.364. The summed E-state index contributed by atoms with van der Waals surface area (Å²) < 4.78 is 50.3. The van der Waals surface area contributed by atoms with Crippen molar-refractivity contribution in [3.05, 3.63) is 47.5 Å². The first-order valence-corrected chi connectivity index (χ1v) is 10.6. The molecule has 0 bridgehead atoms. The summed E-state index contributed by atoms with van der Waals surface area (Å²) in [5, 5.41) is 3.63. The van der Waals surface area contributed by atoms with Crippen molar-refractivity contribution in [2.24, 2.45) is 0 Å². The van der Waals surface area contributed by atoms with Crippen LogP contribution in [-0.4, -0.2) is 55.0 Å². The van der Waals surface area contributed by atoms with E-state index in [0.29, 0.717) is 36.3 Å². The molecule has 32 heavy (non-hydrogen) atoms. The van der Waals surface area contributed by atoms with Gasteiger partial charge in [0.15, 0.2) is 39.8 Å². The lowest BCUT2D eigenvalue weighted by Gasteiger charge is -2.34. The molecule has 1 N–H and O–H groups in total. The number of hydrogen-bond acceptors (Lipinski definition) is 6. The van der Waals surface area contributed by atoms with Crippen LogP contribution in [0.1, 0.15) is 23.7 Å². The summed E-state index contributed by atoms with van der Waals surface area (Å²) >= 11 is 5.50. The minimum absolute atomic E-state index is 0.0186. The summed E-state index contributed by atoms with van der Waals surface area (Å²) in [6.45, 7) is 3.06. The summed E-state index contributed by atoms with van der Waals surface area (Å²) in [6.07, 6.45) is -0.290. The van der Waals surface area contributed by atoms with E-state index in [1.54, 1.807) is 19.1 Å². The van der Waals surface area contributed by atoms with Gasteiger partial charge in [-0.15, -0.1) is 0 Å². The highest BCUT2D eigenvalue weighted by atomic mass is 32.1. The minimum Gasteiger partial charge on any atom is -0.485 e. The zero-order chi connectivity index (χ0) is 22.7. The van der Waals surface area contributed by atoms with Crippen LogP contribution < -0.4 is 19.5 Å². The molecule has 0 saturated carbocycles.